The van der Waals surface area contributed by atoms with Crippen molar-refractivity contribution in [1.29, 1.82) is 0 Å². The maximum Gasteiger partial charge on any atom is 0.270 e. The highest BCUT2D eigenvalue weighted by Crippen LogP contribution is 2.17. The van der Waals surface area contributed by atoms with E-state index in [0.717, 1.165) is 5.56 Å². The lowest BCUT2D eigenvalue weighted by atomic mass is 10.2. The summed E-state index contributed by atoms with van der Waals surface area (Å²) in [7, 11) is 0. The standard InChI is InChI=1S/C16H14BrClN2O2S/c17-14-7-2-1-6-13(14)16(22)20-19-15(21)10-23-9-11-4-3-5-12(18)8-11/h1-8H,9-10H2,(H,19,21)(H,20,22). The van der Waals surface area contributed by atoms with E-state index < -0.39 is 0 Å². The molecule has 0 unspecified atom stereocenters. The van der Waals surface area contributed by atoms with Crippen molar-refractivity contribution in [2.24, 2.45) is 0 Å². The highest BCUT2D eigenvalue weighted by atomic mass is 79.9. The lowest BCUT2D eigenvalue weighted by molar-refractivity contribution is -0.119. The average Bonchev–Trinajstić information content (AvgIpc) is 2.53. The maximum absolute atomic E-state index is 11.9. The van der Waals surface area contributed by atoms with Crippen LogP contribution < -0.4 is 10.9 Å². The van der Waals surface area contributed by atoms with E-state index in [-0.39, 0.29) is 17.6 Å². The number of hydrogen-bond acceptors (Lipinski definition) is 3. The summed E-state index contributed by atoms with van der Waals surface area (Å²) in [6.07, 6.45) is 0. The molecule has 0 fully saturated rings. The fourth-order valence-electron chi connectivity index (χ4n) is 1.76. The van der Waals surface area contributed by atoms with E-state index in [0.29, 0.717) is 20.8 Å². The van der Waals surface area contributed by atoms with Crippen LogP contribution in [0, 0.1) is 0 Å². The molecule has 0 heterocycles. The SMILES string of the molecule is O=C(CSCc1cccc(Cl)c1)NNC(=O)c1ccccc1Br. The first-order chi connectivity index (χ1) is 11.1. The molecule has 0 spiro atoms. The number of hydrazine groups is 1. The molecule has 23 heavy (non-hydrogen) atoms. The van der Waals surface area contributed by atoms with Crippen LogP contribution in [0.1, 0.15) is 15.9 Å². The Labute approximate surface area is 152 Å². The van der Waals surface area contributed by atoms with Crippen molar-refractivity contribution >= 4 is 51.1 Å². The Morgan fingerprint density at radius 2 is 1.87 bits per heavy atom. The molecule has 2 aromatic rings. The Kier molecular flexibility index (Phi) is 6.95. The second kappa shape index (κ2) is 8.96. The number of thioether (sulfide) groups is 1. The molecular formula is C16H14BrClN2O2S. The van der Waals surface area contributed by atoms with Crippen LogP contribution in [0.25, 0.3) is 0 Å². The largest absolute Gasteiger partial charge is 0.272 e. The van der Waals surface area contributed by atoms with E-state index in [1.165, 1.54) is 11.8 Å². The van der Waals surface area contributed by atoms with Gasteiger partial charge in [-0.2, -0.15) is 0 Å². The summed E-state index contributed by atoms with van der Waals surface area (Å²) >= 11 is 10.6. The molecule has 2 rings (SSSR count). The summed E-state index contributed by atoms with van der Waals surface area (Å²) in [6.45, 7) is 0. The predicted octanol–water partition coefficient (Wildman–Crippen LogP) is 3.80. The van der Waals surface area contributed by atoms with Gasteiger partial charge in [0.2, 0.25) is 5.91 Å². The molecule has 0 atom stereocenters. The number of carbonyl (C=O) groups is 2. The average molecular weight is 414 g/mol. The first-order valence-corrected chi connectivity index (χ1v) is 9.05. The molecule has 0 aliphatic heterocycles. The van der Waals surface area contributed by atoms with Crippen molar-refractivity contribution in [3.63, 3.8) is 0 Å². The summed E-state index contributed by atoms with van der Waals surface area (Å²) in [4.78, 5) is 23.7. The molecule has 120 valence electrons. The Morgan fingerprint density at radius 1 is 1.09 bits per heavy atom. The third-order valence-corrected chi connectivity index (χ3v) is 4.76. The van der Waals surface area contributed by atoms with Gasteiger partial charge in [0.05, 0.1) is 11.3 Å². The quantitative estimate of drug-likeness (QED) is 0.733. The highest BCUT2D eigenvalue weighted by molar-refractivity contribution is 9.10. The Hall–Kier alpha value is -1.50. The number of rotatable bonds is 5. The van der Waals surface area contributed by atoms with Gasteiger partial charge in [-0.05, 0) is 45.8 Å². The van der Waals surface area contributed by atoms with E-state index in [4.69, 9.17) is 11.6 Å². The number of halogens is 2. The lowest BCUT2D eigenvalue weighted by Gasteiger charge is -2.08. The second-order valence-electron chi connectivity index (χ2n) is 4.60. The van der Waals surface area contributed by atoms with Crippen LogP contribution in [0.3, 0.4) is 0 Å². The zero-order valence-corrected chi connectivity index (χ0v) is 15.2. The number of amides is 2. The van der Waals surface area contributed by atoms with Gasteiger partial charge in [-0.3, -0.25) is 20.4 Å². The molecule has 0 aliphatic carbocycles. The molecule has 0 aliphatic rings. The molecule has 0 bridgehead atoms. The van der Waals surface area contributed by atoms with E-state index in [2.05, 4.69) is 26.8 Å². The Bertz CT molecular complexity index is 712. The molecule has 7 heteroatoms. The number of nitrogens with one attached hydrogen (secondary N) is 2. The van der Waals surface area contributed by atoms with Crippen molar-refractivity contribution in [2.75, 3.05) is 5.75 Å². The van der Waals surface area contributed by atoms with E-state index >= 15 is 0 Å². The summed E-state index contributed by atoms with van der Waals surface area (Å²) < 4.78 is 0.669. The highest BCUT2D eigenvalue weighted by Gasteiger charge is 2.10. The van der Waals surface area contributed by atoms with Crippen LogP contribution >= 0.6 is 39.3 Å². The van der Waals surface area contributed by atoms with Gasteiger partial charge in [-0.1, -0.05) is 35.9 Å². The Morgan fingerprint density at radius 3 is 2.61 bits per heavy atom. The molecule has 0 saturated heterocycles. The number of hydrogen-bond donors (Lipinski definition) is 2. The van der Waals surface area contributed by atoms with Gasteiger partial charge < -0.3 is 0 Å². The van der Waals surface area contributed by atoms with Crippen molar-refractivity contribution in [2.45, 2.75) is 5.75 Å². The summed E-state index contributed by atoms with van der Waals surface area (Å²) in [5.74, 6) is 0.276. The van der Waals surface area contributed by atoms with Gasteiger partial charge in [0.15, 0.2) is 0 Å². The van der Waals surface area contributed by atoms with Gasteiger partial charge in [0, 0.05) is 15.2 Å². The van der Waals surface area contributed by atoms with Crippen molar-refractivity contribution < 1.29 is 9.59 Å². The van der Waals surface area contributed by atoms with Crippen molar-refractivity contribution in [3.8, 4) is 0 Å². The molecule has 0 saturated carbocycles. The minimum atomic E-state index is -0.370. The molecule has 2 N–H and O–H groups in total. The van der Waals surface area contributed by atoms with E-state index in [1.807, 2.05) is 24.3 Å². The second-order valence-corrected chi connectivity index (χ2v) is 6.88. The van der Waals surface area contributed by atoms with Crippen LogP contribution in [0.15, 0.2) is 53.0 Å². The van der Waals surface area contributed by atoms with Gasteiger partial charge in [-0.15, -0.1) is 11.8 Å². The van der Waals surface area contributed by atoms with Crippen LogP contribution in [-0.2, 0) is 10.5 Å². The van der Waals surface area contributed by atoms with E-state index in [1.54, 1.807) is 24.3 Å². The summed E-state index contributed by atoms with van der Waals surface area (Å²) in [6, 6.07) is 14.5. The lowest BCUT2D eigenvalue weighted by Crippen LogP contribution is -2.42. The van der Waals surface area contributed by atoms with Crippen LogP contribution in [0.5, 0.6) is 0 Å². The van der Waals surface area contributed by atoms with Crippen LogP contribution in [0.4, 0.5) is 0 Å². The predicted molar refractivity (Wildman–Crippen MR) is 97.4 cm³/mol. The summed E-state index contributed by atoms with van der Waals surface area (Å²) in [5.41, 5.74) is 6.30. The normalized spacial score (nSPS) is 10.2. The fraction of sp³-hybridized carbons (Fsp3) is 0.125. The summed E-state index contributed by atoms with van der Waals surface area (Å²) in [5, 5.41) is 0.674. The molecule has 4 nitrogen and oxygen atoms in total. The zero-order valence-electron chi connectivity index (χ0n) is 12.0. The molecular weight excluding hydrogens is 400 g/mol. The minimum Gasteiger partial charge on any atom is -0.272 e. The molecule has 2 amide bonds. The molecule has 0 aromatic heterocycles. The topological polar surface area (TPSA) is 58.2 Å². The first kappa shape index (κ1) is 17.8. The minimum absolute atomic E-state index is 0.239. The van der Waals surface area contributed by atoms with E-state index in [9.17, 15) is 9.59 Å². The monoisotopic (exact) mass is 412 g/mol. The number of benzene rings is 2. The van der Waals surface area contributed by atoms with Crippen molar-refractivity contribution in [1.82, 2.24) is 10.9 Å². The zero-order chi connectivity index (χ0) is 16.7. The fourth-order valence-corrected chi connectivity index (χ4v) is 3.22. The van der Waals surface area contributed by atoms with Crippen LogP contribution in [-0.4, -0.2) is 17.6 Å². The number of carbonyl (C=O) groups excluding carboxylic acids is 2. The first-order valence-electron chi connectivity index (χ1n) is 6.72. The van der Waals surface area contributed by atoms with Gasteiger partial charge in [-0.25, -0.2) is 0 Å². The van der Waals surface area contributed by atoms with Gasteiger partial charge >= 0.3 is 0 Å². The maximum atomic E-state index is 11.9. The molecule has 0 radical (unpaired) electrons. The van der Waals surface area contributed by atoms with Crippen LogP contribution in [0.2, 0.25) is 5.02 Å². The Balaban J connectivity index is 1.73. The smallest absolute Gasteiger partial charge is 0.270 e. The van der Waals surface area contributed by atoms with Crippen molar-refractivity contribution in [3.05, 3.63) is 69.2 Å². The molecule has 2 aromatic carbocycles. The third kappa shape index (κ3) is 5.89. The third-order valence-electron chi connectivity index (χ3n) is 2.82. The van der Waals surface area contributed by atoms with Gasteiger partial charge in [0.25, 0.3) is 5.91 Å². The van der Waals surface area contributed by atoms with Gasteiger partial charge in [0.1, 0.15) is 0 Å².